The summed E-state index contributed by atoms with van der Waals surface area (Å²) >= 11 is 0. The highest BCUT2D eigenvalue weighted by Gasteiger charge is 2.31. The molecule has 0 aromatic heterocycles. The number of hydrogen-bond donors (Lipinski definition) is 2. The molecule has 0 amide bonds. The zero-order valence-electron chi connectivity index (χ0n) is 11.0. The number of hydrogen-bond acceptors (Lipinski definition) is 5. The van der Waals surface area contributed by atoms with Crippen molar-refractivity contribution in [2.24, 2.45) is 5.73 Å². The van der Waals surface area contributed by atoms with E-state index in [1.54, 1.807) is 0 Å². The molecule has 7 nitrogen and oxygen atoms in total. The number of ether oxygens (including phenoxy) is 1. The summed E-state index contributed by atoms with van der Waals surface area (Å²) in [7, 11) is -3.22. The summed E-state index contributed by atoms with van der Waals surface area (Å²) in [5.74, 6) is 0.218. The van der Waals surface area contributed by atoms with Crippen molar-refractivity contribution in [2.75, 3.05) is 45.1 Å². The Labute approximate surface area is 114 Å². The Kier molecular flexibility index (Phi) is 4.77. The lowest BCUT2D eigenvalue weighted by Crippen LogP contribution is -2.51. The molecule has 0 aromatic carbocycles. The first-order valence-electron chi connectivity index (χ1n) is 6.62. The largest absolute Gasteiger partial charge is 0.387 e. The van der Waals surface area contributed by atoms with E-state index in [-0.39, 0.29) is 17.7 Å². The highest BCUT2D eigenvalue weighted by Crippen LogP contribution is 2.17. The van der Waals surface area contributed by atoms with Gasteiger partial charge in [0.2, 0.25) is 10.0 Å². The van der Waals surface area contributed by atoms with Crippen LogP contribution in [0.25, 0.3) is 0 Å². The Morgan fingerprint density at radius 3 is 2.53 bits per heavy atom. The zero-order chi connectivity index (χ0) is 13.9. The molecule has 19 heavy (non-hydrogen) atoms. The predicted octanol–water partition coefficient (Wildman–Crippen LogP) is -0.951. The Hall–Kier alpha value is -0.700. The van der Waals surface area contributed by atoms with Gasteiger partial charge in [-0.2, -0.15) is 4.31 Å². The molecule has 1 unspecified atom stereocenters. The number of piperazine rings is 1. The normalized spacial score (nSPS) is 26.6. The van der Waals surface area contributed by atoms with Gasteiger partial charge in [0.05, 0.1) is 18.4 Å². The van der Waals surface area contributed by atoms with Crippen LogP contribution in [0.4, 0.5) is 0 Å². The Morgan fingerprint density at radius 2 is 2.00 bits per heavy atom. The quantitative estimate of drug-likeness (QED) is 0.502. The van der Waals surface area contributed by atoms with Crippen LogP contribution in [0.3, 0.4) is 0 Å². The van der Waals surface area contributed by atoms with Crippen LogP contribution in [-0.4, -0.2) is 74.6 Å². The molecule has 110 valence electrons. The summed E-state index contributed by atoms with van der Waals surface area (Å²) in [5.41, 5.74) is 5.35. The van der Waals surface area contributed by atoms with Crippen molar-refractivity contribution in [3.05, 3.63) is 0 Å². The SMILES string of the molecule is N=C(N)CN1CCN(S(=O)(=O)CC2CCCO2)CC1. The Morgan fingerprint density at radius 1 is 1.32 bits per heavy atom. The summed E-state index contributed by atoms with van der Waals surface area (Å²) in [6.45, 7) is 3.30. The molecule has 2 rings (SSSR count). The first-order valence-corrected chi connectivity index (χ1v) is 8.23. The van der Waals surface area contributed by atoms with Crippen LogP contribution in [0.2, 0.25) is 0 Å². The summed E-state index contributed by atoms with van der Waals surface area (Å²) < 4.78 is 31.4. The van der Waals surface area contributed by atoms with E-state index >= 15 is 0 Å². The van der Waals surface area contributed by atoms with Crippen LogP contribution >= 0.6 is 0 Å². The minimum absolute atomic E-state index is 0.0969. The highest BCUT2D eigenvalue weighted by molar-refractivity contribution is 7.89. The zero-order valence-corrected chi connectivity index (χ0v) is 11.9. The number of nitrogens with one attached hydrogen (secondary N) is 1. The maximum absolute atomic E-state index is 12.2. The number of rotatable bonds is 5. The van der Waals surface area contributed by atoms with Crippen molar-refractivity contribution >= 4 is 15.9 Å². The highest BCUT2D eigenvalue weighted by atomic mass is 32.2. The van der Waals surface area contributed by atoms with Gasteiger partial charge in [0.1, 0.15) is 5.84 Å². The van der Waals surface area contributed by atoms with Crippen molar-refractivity contribution in [3.8, 4) is 0 Å². The van der Waals surface area contributed by atoms with E-state index in [1.807, 2.05) is 4.90 Å². The maximum atomic E-state index is 12.2. The van der Waals surface area contributed by atoms with Gasteiger partial charge in [-0.25, -0.2) is 8.42 Å². The standard InChI is InChI=1S/C11H22N4O3S/c12-11(13)8-14-3-5-15(6-4-14)19(16,17)9-10-2-1-7-18-10/h10H,1-9H2,(H3,12,13). The first-order chi connectivity index (χ1) is 8.97. The minimum Gasteiger partial charge on any atom is -0.387 e. The van der Waals surface area contributed by atoms with Crippen LogP contribution in [0.5, 0.6) is 0 Å². The molecule has 3 N–H and O–H groups in total. The van der Waals surface area contributed by atoms with Crippen molar-refractivity contribution in [2.45, 2.75) is 18.9 Å². The van der Waals surface area contributed by atoms with E-state index in [0.717, 1.165) is 12.8 Å². The minimum atomic E-state index is -3.22. The van der Waals surface area contributed by atoms with Crippen LogP contribution in [0.15, 0.2) is 0 Å². The molecular weight excluding hydrogens is 268 g/mol. The van der Waals surface area contributed by atoms with Gasteiger partial charge in [-0.3, -0.25) is 10.3 Å². The second-order valence-electron chi connectivity index (χ2n) is 5.11. The van der Waals surface area contributed by atoms with Crippen LogP contribution in [0.1, 0.15) is 12.8 Å². The summed E-state index contributed by atoms with van der Waals surface area (Å²) in [6.07, 6.45) is 1.65. The van der Waals surface area contributed by atoms with Gasteiger partial charge in [0, 0.05) is 32.8 Å². The number of sulfonamides is 1. The summed E-state index contributed by atoms with van der Waals surface area (Å²) in [6, 6.07) is 0. The van der Waals surface area contributed by atoms with Crippen molar-refractivity contribution in [3.63, 3.8) is 0 Å². The summed E-state index contributed by atoms with van der Waals surface area (Å²) in [4.78, 5) is 2.00. The second kappa shape index (κ2) is 6.17. The van der Waals surface area contributed by atoms with Crippen LogP contribution in [0, 0.1) is 5.41 Å². The van der Waals surface area contributed by atoms with Crippen LogP contribution in [-0.2, 0) is 14.8 Å². The van der Waals surface area contributed by atoms with Gasteiger partial charge in [-0.1, -0.05) is 0 Å². The molecule has 0 bridgehead atoms. The fourth-order valence-electron chi connectivity index (χ4n) is 2.52. The number of nitrogens with zero attached hydrogens (tertiary/aromatic N) is 2. The van der Waals surface area contributed by atoms with Gasteiger partial charge in [-0.15, -0.1) is 0 Å². The maximum Gasteiger partial charge on any atom is 0.216 e. The Bertz CT molecular complexity index is 412. The molecule has 2 saturated heterocycles. The van der Waals surface area contributed by atoms with Gasteiger partial charge in [-0.05, 0) is 12.8 Å². The van der Waals surface area contributed by atoms with E-state index in [9.17, 15) is 8.42 Å². The molecule has 0 aliphatic carbocycles. The molecule has 2 aliphatic heterocycles. The number of nitrogens with two attached hydrogens (primary N) is 1. The van der Waals surface area contributed by atoms with Gasteiger partial charge >= 0.3 is 0 Å². The molecule has 2 fully saturated rings. The molecule has 1 atom stereocenters. The molecule has 0 spiro atoms. The molecular formula is C11H22N4O3S. The molecule has 0 saturated carbocycles. The van der Waals surface area contributed by atoms with E-state index in [1.165, 1.54) is 4.31 Å². The van der Waals surface area contributed by atoms with E-state index in [2.05, 4.69) is 0 Å². The molecule has 8 heteroatoms. The third kappa shape index (κ3) is 4.13. The lowest BCUT2D eigenvalue weighted by Gasteiger charge is -2.34. The second-order valence-corrected chi connectivity index (χ2v) is 7.13. The summed E-state index contributed by atoms with van der Waals surface area (Å²) in [5, 5.41) is 7.24. The topological polar surface area (TPSA) is 99.7 Å². The monoisotopic (exact) mass is 290 g/mol. The van der Waals surface area contributed by atoms with Gasteiger partial charge in [0.25, 0.3) is 0 Å². The average molecular weight is 290 g/mol. The fourth-order valence-corrected chi connectivity index (χ4v) is 4.19. The Balaban J connectivity index is 1.83. The van der Waals surface area contributed by atoms with Crippen molar-refractivity contribution < 1.29 is 13.2 Å². The van der Waals surface area contributed by atoms with Crippen LogP contribution < -0.4 is 5.73 Å². The van der Waals surface area contributed by atoms with Gasteiger partial charge < -0.3 is 10.5 Å². The fraction of sp³-hybridized carbons (Fsp3) is 0.909. The molecule has 0 radical (unpaired) electrons. The lowest BCUT2D eigenvalue weighted by molar-refractivity contribution is 0.125. The first kappa shape index (κ1) is 14.7. The molecule has 0 aromatic rings. The molecule has 2 aliphatic rings. The molecule has 2 heterocycles. The predicted molar refractivity (Wildman–Crippen MR) is 72.7 cm³/mol. The van der Waals surface area contributed by atoms with E-state index < -0.39 is 10.0 Å². The lowest BCUT2D eigenvalue weighted by atomic mass is 10.3. The third-order valence-corrected chi connectivity index (χ3v) is 5.48. The smallest absolute Gasteiger partial charge is 0.216 e. The van der Waals surface area contributed by atoms with E-state index in [4.69, 9.17) is 15.9 Å². The van der Waals surface area contributed by atoms with Crippen molar-refractivity contribution in [1.82, 2.24) is 9.21 Å². The number of amidine groups is 1. The average Bonchev–Trinajstić information content (AvgIpc) is 2.81. The van der Waals surface area contributed by atoms with Gasteiger partial charge in [0.15, 0.2) is 0 Å². The van der Waals surface area contributed by atoms with E-state index in [0.29, 0.717) is 39.3 Å². The van der Waals surface area contributed by atoms with Crippen molar-refractivity contribution in [1.29, 1.82) is 5.41 Å². The third-order valence-electron chi connectivity index (χ3n) is 3.54.